The number of benzene rings is 4. The van der Waals surface area contributed by atoms with Gasteiger partial charge in [-0.15, -0.1) is 0 Å². The number of H-pyrrole nitrogens is 1. The van der Waals surface area contributed by atoms with Gasteiger partial charge >= 0.3 is 5.97 Å². The lowest BCUT2D eigenvalue weighted by Crippen LogP contribution is -2.25. The highest BCUT2D eigenvalue weighted by molar-refractivity contribution is 9.10. The van der Waals surface area contributed by atoms with Gasteiger partial charge in [0, 0.05) is 39.9 Å². The zero-order chi connectivity index (χ0) is 30.2. The molecule has 0 aliphatic rings. The lowest BCUT2D eigenvalue weighted by molar-refractivity contribution is 0.0502. The van der Waals surface area contributed by atoms with Crippen molar-refractivity contribution >= 4 is 43.7 Å². The van der Waals surface area contributed by atoms with Crippen LogP contribution in [0.2, 0.25) is 0 Å². The van der Waals surface area contributed by atoms with E-state index in [9.17, 15) is 23.5 Å². The van der Waals surface area contributed by atoms with E-state index in [0.717, 1.165) is 32.6 Å². The molecule has 2 N–H and O–H groups in total. The third-order valence-electron chi connectivity index (χ3n) is 7.67. The Morgan fingerprint density at radius 3 is 2.49 bits per heavy atom. The fourth-order valence-electron chi connectivity index (χ4n) is 5.65. The molecule has 0 saturated carbocycles. The van der Waals surface area contributed by atoms with Crippen LogP contribution in [-0.4, -0.2) is 27.2 Å². The Bertz CT molecular complexity index is 2090. The summed E-state index contributed by atoms with van der Waals surface area (Å²) in [4.78, 5) is 30.1. The zero-order valence-corrected chi connectivity index (χ0v) is 24.5. The molecule has 4 aromatic carbocycles. The molecule has 0 bridgehead atoms. The summed E-state index contributed by atoms with van der Waals surface area (Å²) < 4.78 is 35.6. The zero-order valence-electron chi connectivity index (χ0n) is 22.9. The Kier molecular flexibility index (Phi) is 7.58. The molecular formula is C34H25BrF2N2O4. The fourth-order valence-corrected chi connectivity index (χ4v) is 6.07. The van der Waals surface area contributed by atoms with Crippen LogP contribution < -0.4 is 5.56 Å². The number of aryl methyl sites for hydroxylation is 1. The Balaban J connectivity index is 1.50. The molecule has 2 aromatic heterocycles. The molecule has 0 aliphatic carbocycles. The molecule has 0 radical (unpaired) electrons. The topological polar surface area (TPSA) is 84.3 Å². The standard InChI is InChI=1S/C34H25BrF2N2O4/c1-39-27-15-5-3-11-23(27)32(40)29(33(39)41)28(19-8-6-9-20(35)18-19)31-22(21-10-2-4-14-26(21)38-31)16-17-43-34(42)24-12-7-13-25(36)30(24)37/h2-15,18,28,38,40H,16-17H2,1H3. The predicted molar refractivity (Wildman–Crippen MR) is 165 cm³/mol. The van der Waals surface area contributed by atoms with Gasteiger partial charge in [-0.25, -0.2) is 13.6 Å². The number of pyridine rings is 1. The quantitative estimate of drug-likeness (QED) is 0.178. The average Bonchev–Trinajstić information content (AvgIpc) is 3.37. The Labute approximate surface area is 253 Å². The largest absolute Gasteiger partial charge is 0.507 e. The van der Waals surface area contributed by atoms with Crippen molar-refractivity contribution in [3.05, 3.63) is 145 Å². The predicted octanol–water partition coefficient (Wildman–Crippen LogP) is 7.35. The smallest absolute Gasteiger partial charge is 0.341 e. The summed E-state index contributed by atoms with van der Waals surface area (Å²) in [6, 6.07) is 25.5. The number of nitrogens with one attached hydrogen (secondary N) is 1. The highest BCUT2D eigenvalue weighted by Crippen LogP contribution is 2.41. The van der Waals surface area contributed by atoms with Gasteiger partial charge in [0.2, 0.25) is 0 Å². The monoisotopic (exact) mass is 642 g/mol. The molecular weight excluding hydrogens is 618 g/mol. The average molecular weight is 643 g/mol. The van der Waals surface area contributed by atoms with Crippen LogP contribution in [-0.2, 0) is 18.2 Å². The third-order valence-corrected chi connectivity index (χ3v) is 8.17. The minimum atomic E-state index is -1.27. The number of halogens is 3. The van der Waals surface area contributed by atoms with Gasteiger partial charge in [0.1, 0.15) is 5.75 Å². The molecule has 1 atom stereocenters. The first-order valence-electron chi connectivity index (χ1n) is 13.5. The number of nitrogens with zero attached hydrogens (tertiary/aromatic N) is 1. The summed E-state index contributed by atoms with van der Waals surface area (Å²) in [5.74, 6) is -4.25. The molecule has 9 heteroatoms. The number of fused-ring (bicyclic) bond motifs is 2. The van der Waals surface area contributed by atoms with Crippen molar-refractivity contribution in [2.45, 2.75) is 12.3 Å². The van der Waals surface area contributed by atoms with E-state index in [-0.39, 0.29) is 29.9 Å². The number of esters is 1. The lowest BCUT2D eigenvalue weighted by Gasteiger charge is -2.22. The van der Waals surface area contributed by atoms with Crippen LogP contribution in [0.3, 0.4) is 0 Å². The maximum Gasteiger partial charge on any atom is 0.341 e. The van der Waals surface area contributed by atoms with E-state index < -0.39 is 29.1 Å². The molecule has 0 spiro atoms. The summed E-state index contributed by atoms with van der Waals surface area (Å²) in [5.41, 5.74) is 2.84. The van der Waals surface area contributed by atoms with Gasteiger partial charge in [0.05, 0.1) is 29.2 Å². The SMILES string of the molecule is Cn1c(=O)c(C(c2cccc(Br)c2)c2[nH]c3ccccc3c2CCOC(=O)c2cccc(F)c2F)c(O)c2ccccc21. The van der Waals surface area contributed by atoms with Crippen LogP contribution in [0.4, 0.5) is 8.78 Å². The Morgan fingerprint density at radius 1 is 0.977 bits per heavy atom. The number of carbonyl (C=O) groups is 1. The van der Waals surface area contributed by atoms with Crippen molar-refractivity contribution < 1.29 is 23.4 Å². The number of aromatic amines is 1. The normalized spacial score (nSPS) is 12.1. The second-order valence-corrected chi connectivity index (χ2v) is 11.1. The van der Waals surface area contributed by atoms with Crippen LogP contribution in [0.25, 0.3) is 21.8 Å². The summed E-state index contributed by atoms with van der Waals surface area (Å²) in [6.45, 7) is -0.142. The van der Waals surface area contributed by atoms with Crippen molar-refractivity contribution in [2.24, 2.45) is 7.05 Å². The number of aromatic nitrogens is 2. The first kappa shape index (κ1) is 28.4. The number of hydrogen-bond acceptors (Lipinski definition) is 4. The lowest BCUT2D eigenvalue weighted by atomic mass is 9.85. The van der Waals surface area contributed by atoms with Crippen molar-refractivity contribution in [1.82, 2.24) is 9.55 Å². The van der Waals surface area contributed by atoms with E-state index in [1.54, 1.807) is 31.3 Å². The molecule has 6 rings (SSSR count). The molecule has 0 saturated heterocycles. The van der Waals surface area contributed by atoms with Crippen LogP contribution in [0.5, 0.6) is 5.75 Å². The second kappa shape index (κ2) is 11.5. The molecule has 2 heterocycles. The van der Waals surface area contributed by atoms with Crippen LogP contribution >= 0.6 is 15.9 Å². The number of carbonyl (C=O) groups excluding carboxylic acids is 1. The fraction of sp³-hybridized carbons (Fsp3) is 0.118. The molecule has 216 valence electrons. The van der Waals surface area contributed by atoms with E-state index in [2.05, 4.69) is 20.9 Å². The molecule has 0 aliphatic heterocycles. The first-order chi connectivity index (χ1) is 20.8. The van der Waals surface area contributed by atoms with E-state index >= 15 is 0 Å². The van der Waals surface area contributed by atoms with E-state index in [1.807, 2.05) is 48.5 Å². The Hall–Kier alpha value is -4.76. The molecule has 6 nitrogen and oxygen atoms in total. The minimum absolute atomic E-state index is 0.124. The summed E-state index contributed by atoms with van der Waals surface area (Å²) in [7, 11) is 1.67. The van der Waals surface area contributed by atoms with Gasteiger partial charge in [-0.05, 0) is 53.6 Å². The van der Waals surface area contributed by atoms with Gasteiger partial charge in [-0.2, -0.15) is 0 Å². The van der Waals surface area contributed by atoms with Crippen LogP contribution in [0.15, 0.2) is 100 Å². The van der Waals surface area contributed by atoms with E-state index in [0.29, 0.717) is 16.6 Å². The number of ether oxygens (including phenoxy) is 1. The third kappa shape index (κ3) is 5.10. The van der Waals surface area contributed by atoms with Crippen molar-refractivity contribution in [2.75, 3.05) is 6.61 Å². The van der Waals surface area contributed by atoms with E-state index in [1.165, 1.54) is 16.7 Å². The van der Waals surface area contributed by atoms with Gasteiger partial charge in [-0.3, -0.25) is 4.79 Å². The van der Waals surface area contributed by atoms with Crippen molar-refractivity contribution in [1.29, 1.82) is 0 Å². The summed E-state index contributed by atoms with van der Waals surface area (Å²) >= 11 is 3.54. The molecule has 0 fully saturated rings. The van der Waals surface area contributed by atoms with Gasteiger partial charge in [-0.1, -0.05) is 64.5 Å². The second-order valence-electron chi connectivity index (χ2n) is 10.2. The van der Waals surface area contributed by atoms with Gasteiger partial charge < -0.3 is 19.4 Å². The first-order valence-corrected chi connectivity index (χ1v) is 14.3. The molecule has 1 unspecified atom stereocenters. The summed E-state index contributed by atoms with van der Waals surface area (Å²) in [6.07, 6.45) is 0.196. The summed E-state index contributed by atoms with van der Waals surface area (Å²) in [5, 5.41) is 13.0. The van der Waals surface area contributed by atoms with E-state index in [4.69, 9.17) is 4.74 Å². The number of para-hydroxylation sites is 2. The molecule has 43 heavy (non-hydrogen) atoms. The van der Waals surface area contributed by atoms with Crippen molar-refractivity contribution in [3.8, 4) is 5.75 Å². The maximum atomic E-state index is 14.2. The number of aromatic hydroxyl groups is 1. The number of hydrogen-bond donors (Lipinski definition) is 2. The number of rotatable bonds is 7. The van der Waals surface area contributed by atoms with Crippen LogP contribution in [0.1, 0.15) is 38.7 Å². The highest BCUT2D eigenvalue weighted by Gasteiger charge is 2.30. The highest BCUT2D eigenvalue weighted by atomic mass is 79.9. The molecule has 6 aromatic rings. The Morgan fingerprint density at radius 2 is 1.70 bits per heavy atom. The maximum absolute atomic E-state index is 14.2. The van der Waals surface area contributed by atoms with Crippen LogP contribution in [0, 0.1) is 11.6 Å². The minimum Gasteiger partial charge on any atom is -0.507 e. The van der Waals surface area contributed by atoms with Gasteiger partial charge in [0.15, 0.2) is 11.6 Å². The molecule has 0 amide bonds. The van der Waals surface area contributed by atoms with Crippen molar-refractivity contribution in [3.63, 3.8) is 0 Å². The van der Waals surface area contributed by atoms with Gasteiger partial charge in [0.25, 0.3) is 5.56 Å².